The lowest BCUT2D eigenvalue weighted by atomic mass is 10.1. The third-order valence-corrected chi connectivity index (χ3v) is 4.95. The van der Waals surface area contributed by atoms with E-state index in [9.17, 15) is 9.18 Å². The molecule has 1 aliphatic heterocycles. The Hall–Kier alpha value is -2.73. The van der Waals surface area contributed by atoms with E-state index in [1.807, 2.05) is 18.2 Å². The SMILES string of the molecule is O=C1C[C@@H](c2noc(CCc3ccccc3)n2)CN1c1ccc(F)c(Cl)c1. The minimum absolute atomic E-state index is 0.00786. The van der Waals surface area contributed by atoms with Crippen LogP contribution in [0.4, 0.5) is 10.1 Å². The molecule has 4 rings (SSSR count). The van der Waals surface area contributed by atoms with Gasteiger partial charge in [0.2, 0.25) is 11.8 Å². The number of carbonyl (C=O) groups is 1. The maximum absolute atomic E-state index is 13.4. The third-order valence-electron chi connectivity index (χ3n) is 4.66. The number of anilines is 1. The molecule has 0 bridgehead atoms. The number of amides is 1. The second-order valence-corrected chi connectivity index (χ2v) is 6.94. The molecule has 0 spiro atoms. The predicted molar refractivity (Wildman–Crippen MR) is 99.3 cm³/mol. The fourth-order valence-corrected chi connectivity index (χ4v) is 3.39. The van der Waals surface area contributed by atoms with Crippen molar-refractivity contribution in [3.8, 4) is 0 Å². The molecule has 1 aliphatic rings. The summed E-state index contributed by atoms with van der Waals surface area (Å²) in [5, 5.41) is 4.05. The normalized spacial score (nSPS) is 16.9. The molecule has 0 saturated carbocycles. The van der Waals surface area contributed by atoms with Crippen LogP contribution < -0.4 is 4.90 Å². The van der Waals surface area contributed by atoms with Gasteiger partial charge in [-0.3, -0.25) is 4.79 Å². The molecule has 0 radical (unpaired) electrons. The number of hydrogen-bond donors (Lipinski definition) is 0. The van der Waals surface area contributed by atoms with Gasteiger partial charge in [0, 0.05) is 31.0 Å². The maximum atomic E-state index is 13.4. The molecule has 5 nitrogen and oxygen atoms in total. The molecule has 7 heteroatoms. The number of halogens is 2. The van der Waals surface area contributed by atoms with Gasteiger partial charge in [-0.15, -0.1) is 0 Å². The van der Waals surface area contributed by atoms with E-state index in [4.69, 9.17) is 16.1 Å². The zero-order chi connectivity index (χ0) is 18.8. The van der Waals surface area contributed by atoms with Crippen LogP contribution in [0.15, 0.2) is 53.1 Å². The number of hydrogen-bond acceptors (Lipinski definition) is 4. The number of nitrogens with zero attached hydrogens (tertiary/aromatic N) is 3. The van der Waals surface area contributed by atoms with Gasteiger partial charge in [0.1, 0.15) is 5.82 Å². The van der Waals surface area contributed by atoms with Gasteiger partial charge in [0.25, 0.3) is 0 Å². The second kappa shape index (κ2) is 7.48. The molecule has 2 heterocycles. The van der Waals surface area contributed by atoms with E-state index in [0.29, 0.717) is 30.4 Å². The molecule has 0 aliphatic carbocycles. The molecular weight excluding hydrogens is 369 g/mol. The summed E-state index contributed by atoms with van der Waals surface area (Å²) in [6, 6.07) is 14.3. The number of carbonyl (C=O) groups excluding carboxylic acids is 1. The monoisotopic (exact) mass is 385 g/mol. The molecule has 27 heavy (non-hydrogen) atoms. The van der Waals surface area contributed by atoms with Crippen molar-refractivity contribution in [2.75, 3.05) is 11.4 Å². The first-order chi connectivity index (χ1) is 13.1. The molecule has 1 aromatic heterocycles. The summed E-state index contributed by atoms with van der Waals surface area (Å²) in [6.07, 6.45) is 1.74. The van der Waals surface area contributed by atoms with Crippen molar-refractivity contribution in [2.24, 2.45) is 0 Å². The molecule has 0 unspecified atom stereocenters. The Morgan fingerprint density at radius 2 is 2.00 bits per heavy atom. The molecule has 1 saturated heterocycles. The summed E-state index contributed by atoms with van der Waals surface area (Å²) in [6.45, 7) is 0.415. The number of aryl methyl sites for hydroxylation is 2. The molecule has 1 fully saturated rings. The highest BCUT2D eigenvalue weighted by Crippen LogP contribution is 2.32. The zero-order valence-electron chi connectivity index (χ0n) is 14.4. The van der Waals surface area contributed by atoms with Gasteiger partial charge in [0.15, 0.2) is 5.82 Å². The van der Waals surface area contributed by atoms with Crippen LogP contribution in [0.5, 0.6) is 0 Å². The molecule has 0 N–H and O–H groups in total. The third kappa shape index (κ3) is 3.85. The Morgan fingerprint density at radius 1 is 1.19 bits per heavy atom. The lowest BCUT2D eigenvalue weighted by molar-refractivity contribution is -0.117. The Bertz CT molecular complexity index is 961. The van der Waals surface area contributed by atoms with Crippen LogP contribution in [0, 0.1) is 5.82 Å². The van der Waals surface area contributed by atoms with Gasteiger partial charge in [-0.1, -0.05) is 47.1 Å². The number of rotatable bonds is 5. The van der Waals surface area contributed by atoms with Crippen LogP contribution >= 0.6 is 11.6 Å². The Labute approximate surface area is 160 Å². The predicted octanol–water partition coefficient (Wildman–Crippen LogP) is 4.17. The minimum Gasteiger partial charge on any atom is -0.339 e. The van der Waals surface area contributed by atoms with Crippen molar-refractivity contribution in [3.05, 3.63) is 76.6 Å². The second-order valence-electron chi connectivity index (χ2n) is 6.54. The van der Waals surface area contributed by atoms with Crippen molar-refractivity contribution >= 4 is 23.2 Å². The van der Waals surface area contributed by atoms with Crippen LogP contribution in [0.1, 0.15) is 29.6 Å². The quantitative estimate of drug-likeness (QED) is 0.661. The van der Waals surface area contributed by atoms with E-state index in [2.05, 4.69) is 22.3 Å². The largest absolute Gasteiger partial charge is 0.339 e. The lowest BCUT2D eigenvalue weighted by Crippen LogP contribution is -2.24. The zero-order valence-corrected chi connectivity index (χ0v) is 15.2. The van der Waals surface area contributed by atoms with Gasteiger partial charge in [-0.2, -0.15) is 4.98 Å². The van der Waals surface area contributed by atoms with Crippen LogP contribution in [0.25, 0.3) is 0 Å². The summed E-state index contributed by atoms with van der Waals surface area (Å²) >= 11 is 5.83. The van der Waals surface area contributed by atoms with Crippen molar-refractivity contribution in [2.45, 2.75) is 25.2 Å². The van der Waals surface area contributed by atoms with Gasteiger partial charge >= 0.3 is 0 Å². The van der Waals surface area contributed by atoms with E-state index >= 15 is 0 Å². The Balaban J connectivity index is 1.43. The molecular formula is C20H17ClFN3O2. The minimum atomic E-state index is -0.509. The molecule has 138 valence electrons. The van der Waals surface area contributed by atoms with Crippen molar-refractivity contribution in [1.29, 1.82) is 0 Å². The summed E-state index contributed by atoms with van der Waals surface area (Å²) in [5.41, 5.74) is 1.77. The first-order valence-electron chi connectivity index (χ1n) is 8.72. The van der Waals surface area contributed by atoms with E-state index < -0.39 is 5.82 Å². The fourth-order valence-electron chi connectivity index (χ4n) is 3.21. The average Bonchev–Trinajstić information content (AvgIpc) is 3.30. The summed E-state index contributed by atoms with van der Waals surface area (Å²) in [7, 11) is 0. The van der Waals surface area contributed by atoms with Crippen LogP contribution in [0.2, 0.25) is 5.02 Å². The molecule has 2 aromatic carbocycles. The van der Waals surface area contributed by atoms with Crippen molar-refractivity contribution < 1.29 is 13.7 Å². The highest BCUT2D eigenvalue weighted by atomic mass is 35.5. The van der Waals surface area contributed by atoms with Crippen molar-refractivity contribution in [3.63, 3.8) is 0 Å². The lowest BCUT2D eigenvalue weighted by Gasteiger charge is -2.16. The molecule has 1 atom stereocenters. The standard InChI is InChI=1S/C20H17ClFN3O2/c21-16-11-15(7-8-17(16)22)25-12-14(10-19(25)26)20-23-18(27-24-20)9-6-13-4-2-1-3-5-13/h1-5,7-8,11,14H,6,9-10,12H2/t14-/m1/s1. The fraction of sp³-hybridized carbons (Fsp3) is 0.250. The first kappa shape index (κ1) is 17.7. The van der Waals surface area contributed by atoms with E-state index in [-0.39, 0.29) is 23.3 Å². The van der Waals surface area contributed by atoms with Crippen LogP contribution in [-0.4, -0.2) is 22.6 Å². The van der Waals surface area contributed by atoms with Gasteiger partial charge in [-0.05, 0) is 30.2 Å². The van der Waals surface area contributed by atoms with E-state index in [1.54, 1.807) is 11.0 Å². The topological polar surface area (TPSA) is 59.2 Å². The number of benzene rings is 2. The number of aromatic nitrogens is 2. The molecule has 3 aromatic rings. The van der Waals surface area contributed by atoms with Gasteiger partial charge in [-0.25, -0.2) is 4.39 Å². The summed E-state index contributed by atoms with van der Waals surface area (Å²) in [5.74, 6) is 0.352. The summed E-state index contributed by atoms with van der Waals surface area (Å²) in [4.78, 5) is 18.4. The first-order valence-corrected chi connectivity index (χ1v) is 9.10. The highest BCUT2D eigenvalue weighted by molar-refractivity contribution is 6.31. The Kier molecular flexibility index (Phi) is 4.90. The average molecular weight is 386 g/mol. The smallest absolute Gasteiger partial charge is 0.227 e. The Morgan fingerprint density at radius 3 is 2.78 bits per heavy atom. The van der Waals surface area contributed by atoms with Crippen LogP contribution in [-0.2, 0) is 17.6 Å². The maximum Gasteiger partial charge on any atom is 0.227 e. The van der Waals surface area contributed by atoms with Crippen molar-refractivity contribution in [1.82, 2.24) is 10.1 Å². The molecule has 1 amide bonds. The van der Waals surface area contributed by atoms with Crippen LogP contribution in [0.3, 0.4) is 0 Å². The van der Waals surface area contributed by atoms with E-state index in [0.717, 1.165) is 6.42 Å². The highest BCUT2D eigenvalue weighted by Gasteiger charge is 2.34. The van der Waals surface area contributed by atoms with Gasteiger partial charge < -0.3 is 9.42 Å². The van der Waals surface area contributed by atoms with E-state index in [1.165, 1.54) is 17.7 Å². The van der Waals surface area contributed by atoms with Gasteiger partial charge in [0.05, 0.1) is 5.02 Å². The summed E-state index contributed by atoms with van der Waals surface area (Å²) < 4.78 is 18.7.